The molecule has 10 heteroatoms. The van der Waals surface area contributed by atoms with Gasteiger partial charge in [0.05, 0.1) is 30.3 Å². The zero-order valence-electron chi connectivity index (χ0n) is 11.8. The maximum absolute atomic E-state index is 12.8. The summed E-state index contributed by atoms with van der Waals surface area (Å²) in [7, 11) is 0. The topological polar surface area (TPSA) is 126 Å². The lowest BCUT2D eigenvalue weighted by atomic mass is 10.2. The quantitative estimate of drug-likeness (QED) is 0.280. The van der Waals surface area contributed by atoms with Crippen LogP contribution in [0.15, 0.2) is 41.7 Å². The van der Waals surface area contributed by atoms with Crippen LogP contribution in [0.25, 0.3) is 0 Å². The van der Waals surface area contributed by atoms with Crippen molar-refractivity contribution in [3.05, 3.63) is 58.0 Å². The Morgan fingerprint density at radius 2 is 2.09 bits per heavy atom. The third-order valence-electron chi connectivity index (χ3n) is 2.74. The molecule has 0 saturated carbocycles. The number of nitro groups is 1. The number of rotatable bonds is 6. The van der Waals surface area contributed by atoms with E-state index < -0.39 is 16.7 Å². The van der Waals surface area contributed by atoms with Crippen LogP contribution in [0.3, 0.4) is 0 Å². The van der Waals surface area contributed by atoms with Crippen molar-refractivity contribution in [2.24, 2.45) is 10.9 Å². The van der Waals surface area contributed by atoms with E-state index in [0.717, 1.165) is 0 Å². The molecule has 0 aliphatic rings. The van der Waals surface area contributed by atoms with Gasteiger partial charge in [-0.15, -0.1) is 0 Å². The molecule has 120 valence electrons. The molecule has 0 unspecified atom stereocenters. The number of benzene rings is 1. The van der Waals surface area contributed by atoms with E-state index in [9.17, 15) is 19.3 Å². The van der Waals surface area contributed by atoms with Gasteiger partial charge in [0.2, 0.25) is 0 Å². The predicted molar refractivity (Wildman–Crippen MR) is 76.7 cm³/mol. The van der Waals surface area contributed by atoms with Crippen molar-refractivity contribution in [1.29, 1.82) is 0 Å². The molecule has 0 spiro atoms. The summed E-state index contributed by atoms with van der Waals surface area (Å²) in [6.07, 6.45) is 1.28. The molecule has 0 aliphatic heterocycles. The molecule has 2 rings (SSSR count). The van der Waals surface area contributed by atoms with E-state index in [-0.39, 0.29) is 24.6 Å². The number of hydrogen-bond acceptors (Lipinski definition) is 6. The molecule has 0 bridgehead atoms. The van der Waals surface area contributed by atoms with Crippen LogP contribution in [0.1, 0.15) is 12.0 Å². The number of nitrogens with zero attached hydrogens (tertiary/aromatic N) is 4. The van der Waals surface area contributed by atoms with E-state index in [2.05, 4.69) is 15.1 Å². The van der Waals surface area contributed by atoms with Gasteiger partial charge in [-0.2, -0.15) is 4.68 Å². The first-order valence-corrected chi connectivity index (χ1v) is 6.43. The fourth-order valence-electron chi connectivity index (χ4n) is 1.60. The maximum Gasteiger partial charge on any atom is 0.389 e. The van der Waals surface area contributed by atoms with Gasteiger partial charge in [-0.3, -0.25) is 0 Å². The van der Waals surface area contributed by atoms with Crippen LogP contribution in [0.2, 0.25) is 0 Å². The molecule has 1 aromatic heterocycles. The predicted octanol–water partition coefficient (Wildman–Crippen LogP) is 1.18. The summed E-state index contributed by atoms with van der Waals surface area (Å²) in [5.41, 5.74) is 6.00. The van der Waals surface area contributed by atoms with Crippen LogP contribution in [0.5, 0.6) is 0 Å². The minimum atomic E-state index is -0.687. The van der Waals surface area contributed by atoms with Gasteiger partial charge in [-0.05, 0) is 29.2 Å². The maximum atomic E-state index is 12.8. The number of aromatic nitrogens is 2. The second-order valence-electron chi connectivity index (χ2n) is 4.39. The number of hydrogen-bond donors (Lipinski definition) is 1. The number of amidine groups is 1. The first kappa shape index (κ1) is 16.1. The van der Waals surface area contributed by atoms with Gasteiger partial charge in [0.15, 0.2) is 5.84 Å². The van der Waals surface area contributed by atoms with Crippen molar-refractivity contribution in [3.63, 3.8) is 0 Å². The standard InChI is InChI=1S/C13H12FN5O4/c14-10-3-1-9(2-4-10)13(15)17-23-12(20)6-8-18-7-5-11(16-18)19(21)22/h1-5,7H,6,8H2,(H2,15,17). The van der Waals surface area contributed by atoms with Gasteiger partial charge in [0, 0.05) is 5.56 Å². The van der Waals surface area contributed by atoms with Crippen molar-refractivity contribution in [3.8, 4) is 0 Å². The summed E-state index contributed by atoms with van der Waals surface area (Å²) in [5, 5.41) is 17.6. The first-order chi connectivity index (χ1) is 11.0. The smallest absolute Gasteiger partial charge is 0.380 e. The summed E-state index contributed by atoms with van der Waals surface area (Å²) < 4.78 is 14.0. The highest BCUT2D eigenvalue weighted by atomic mass is 19.1. The summed E-state index contributed by atoms with van der Waals surface area (Å²) in [6.45, 7) is 0.0959. The van der Waals surface area contributed by atoms with Gasteiger partial charge in [0.25, 0.3) is 0 Å². The van der Waals surface area contributed by atoms with Crippen LogP contribution in [0, 0.1) is 15.9 Å². The Bertz CT molecular complexity index is 741. The molecule has 23 heavy (non-hydrogen) atoms. The number of carbonyl (C=O) groups excluding carboxylic acids is 1. The van der Waals surface area contributed by atoms with Crippen LogP contribution in [-0.2, 0) is 16.2 Å². The number of carbonyl (C=O) groups is 1. The third-order valence-corrected chi connectivity index (χ3v) is 2.74. The minimum Gasteiger partial charge on any atom is -0.380 e. The second-order valence-corrected chi connectivity index (χ2v) is 4.39. The SMILES string of the molecule is N/C(=N\OC(=O)CCn1ccc([N+](=O)[O-])n1)c1ccc(F)cc1. The van der Waals surface area contributed by atoms with Crippen LogP contribution < -0.4 is 5.73 Å². The van der Waals surface area contributed by atoms with Crippen molar-refractivity contribution >= 4 is 17.6 Å². The van der Waals surface area contributed by atoms with E-state index in [1.54, 1.807) is 0 Å². The molecule has 2 aromatic rings. The molecule has 0 fully saturated rings. The summed E-state index contributed by atoms with van der Waals surface area (Å²) in [6, 6.07) is 6.40. The Kier molecular flexibility index (Phi) is 4.97. The number of halogens is 1. The summed E-state index contributed by atoms with van der Waals surface area (Å²) in [5.74, 6) is -1.50. The molecule has 0 aliphatic carbocycles. The Morgan fingerprint density at radius 1 is 1.39 bits per heavy atom. The lowest BCUT2D eigenvalue weighted by Gasteiger charge is -2.01. The lowest BCUT2D eigenvalue weighted by Crippen LogP contribution is -2.15. The van der Waals surface area contributed by atoms with Gasteiger partial charge in [-0.25, -0.2) is 9.18 Å². The van der Waals surface area contributed by atoms with E-state index in [1.807, 2.05) is 0 Å². The van der Waals surface area contributed by atoms with Crippen LogP contribution in [-0.4, -0.2) is 26.5 Å². The zero-order valence-corrected chi connectivity index (χ0v) is 11.8. The molecular weight excluding hydrogens is 309 g/mol. The molecule has 0 saturated heterocycles. The molecular formula is C13H12FN5O4. The minimum absolute atomic E-state index is 0.0759. The third kappa shape index (κ3) is 4.59. The molecule has 1 heterocycles. The largest absolute Gasteiger partial charge is 0.389 e. The highest BCUT2D eigenvalue weighted by molar-refractivity contribution is 5.97. The Hall–Kier alpha value is -3.30. The fourth-order valence-corrected chi connectivity index (χ4v) is 1.60. The van der Waals surface area contributed by atoms with Crippen LogP contribution >= 0.6 is 0 Å². The average Bonchev–Trinajstić information content (AvgIpc) is 3.00. The normalized spacial score (nSPS) is 11.3. The van der Waals surface area contributed by atoms with E-state index in [1.165, 1.54) is 41.2 Å². The highest BCUT2D eigenvalue weighted by Crippen LogP contribution is 2.06. The molecule has 0 amide bonds. The highest BCUT2D eigenvalue weighted by Gasteiger charge is 2.12. The molecule has 9 nitrogen and oxygen atoms in total. The molecule has 2 N–H and O–H groups in total. The first-order valence-electron chi connectivity index (χ1n) is 6.43. The van der Waals surface area contributed by atoms with E-state index >= 15 is 0 Å². The number of aryl methyl sites for hydroxylation is 1. The molecule has 0 radical (unpaired) electrons. The second kappa shape index (κ2) is 7.11. The van der Waals surface area contributed by atoms with Gasteiger partial charge >= 0.3 is 11.8 Å². The monoisotopic (exact) mass is 321 g/mol. The van der Waals surface area contributed by atoms with Crippen molar-refractivity contribution in [1.82, 2.24) is 9.78 Å². The van der Waals surface area contributed by atoms with Crippen molar-refractivity contribution in [2.45, 2.75) is 13.0 Å². The summed E-state index contributed by atoms with van der Waals surface area (Å²) >= 11 is 0. The van der Waals surface area contributed by atoms with Crippen molar-refractivity contribution < 1.29 is 18.9 Å². The average molecular weight is 321 g/mol. The Labute approximate surface area is 129 Å². The van der Waals surface area contributed by atoms with E-state index in [4.69, 9.17) is 5.73 Å². The zero-order chi connectivity index (χ0) is 16.8. The Balaban J connectivity index is 1.85. The summed E-state index contributed by atoms with van der Waals surface area (Å²) in [4.78, 5) is 26.0. The molecule has 1 aromatic carbocycles. The molecule has 0 atom stereocenters. The van der Waals surface area contributed by atoms with Gasteiger partial charge in [0.1, 0.15) is 5.82 Å². The number of oxime groups is 1. The lowest BCUT2D eigenvalue weighted by molar-refractivity contribution is -0.389. The van der Waals surface area contributed by atoms with Gasteiger partial charge in [-0.1, -0.05) is 5.16 Å². The van der Waals surface area contributed by atoms with Crippen molar-refractivity contribution in [2.75, 3.05) is 0 Å². The van der Waals surface area contributed by atoms with Crippen LogP contribution in [0.4, 0.5) is 10.2 Å². The Morgan fingerprint density at radius 3 is 2.70 bits per heavy atom. The fraction of sp³-hybridized carbons (Fsp3) is 0.154. The van der Waals surface area contributed by atoms with E-state index in [0.29, 0.717) is 5.56 Å². The number of nitrogens with two attached hydrogens (primary N) is 1. The van der Waals surface area contributed by atoms with Gasteiger partial charge < -0.3 is 20.7 Å².